The first-order chi connectivity index (χ1) is 12.6. The smallest absolute Gasteiger partial charge is 0.168 e. The van der Waals surface area contributed by atoms with E-state index in [1.165, 1.54) is 9.75 Å². The highest BCUT2D eigenvalue weighted by Crippen LogP contribution is 2.32. The number of thiophene rings is 1. The number of aryl methyl sites for hydroxylation is 2. The highest BCUT2D eigenvalue weighted by atomic mass is 35.5. The first-order valence-corrected chi connectivity index (χ1v) is 10.2. The van der Waals surface area contributed by atoms with Crippen LogP contribution in [0.15, 0.2) is 36.4 Å². The summed E-state index contributed by atoms with van der Waals surface area (Å²) < 4.78 is 5.92. The molecule has 0 amide bonds. The van der Waals surface area contributed by atoms with Gasteiger partial charge in [0, 0.05) is 33.8 Å². The summed E-state index contributed by atoms with van der Waals surface area (Å²) >= 11 is 1.74. The lowest BCUT2D eigenvalue weighted by Gasteiger charge is -2.25. The van der Waals surface area contributed by atoms with Gasteiger partial charge in [0.15, 0.2) is 5.78 Å². The van der Waals surface area contributed by atoms with E-state index in [1.807, 2.05) is 36.4 Å². The Morgan fingerprint density at radius 2 is 2.00 bits per heavy atom. The van der Waals surface area contributed by atoms with Crippen LogP contribution in [0.2, 0.25) is 0 Å². The van der Waals surface area contributed by atoms with Crippen molar-refractivity contribution in [3.8, 4) is 5.75 Å². The fraction of sp³-hybridized carbons (Fsp3) is 0.476. The van der Waals surface area contributed by atoms with Crippen molar-refractivity contribution in [2.45, 2.75) is 50.9 Å². The minimum absolute atomic E-state index is 0. The van der Waals surface area contributed by atoms with E-state index in [0.717, 1.165) is 37.0 Å². The van der Waals surface area contributed by atoms with Crippen LogP contribution >= 0.6 is 23.7 Å². The van der Waals surface area contributed by atoms with Crippen molar-refractivity contribution in [3.05, 3.63) is 51.7 Å². The molecule has 2 aromatic rings. The van der Waals surface area contributed by atoms with E-state index >= 15 is 0 Å². The zero-order chi connectivity index (χ0) is 18.1. The van der Waals surface area contributed by atoms with Crippen molar-refractivity contribution in [1.82, 2.24) is 5.32 Å². The molecule has 1 heterocycles. The topological polar surface area (TPSA) is 58.6 Å². The first kappa shape index (κ1) is 20.3. The number of rotatable bonds is 5. The van der Waals surface area contributed by atoms with E-state index in [1.54, 1.807) is 11.3 Å². The largest absolute Gasteiger partial charge is 0.488 e. The Balaban J connectivity index is 0.00000210. The van der Waals surface area contributed by atoms with Gasteiger partial charge >= 0.3 is 0 Å². The molecule has 4 atom stereocenters. The second-order valence-corrected chi connectivity index (χ2v) is 8.69. The lowest BCUT2D eigenvalue weighted by molar-refractivity contribution is 0.0442. The van der Waals surface area contributed by atoms with Crippen LogP contribution in [0, 0.1) is 12.8 Å². The molecule has 1 aromatic carbocycles. The van der Waals surface area contributed by atoms with Crippen molar-refractivity contribution >= 4 is 29.5 Å². The van der Waals surface area contributed by atoms with Gasteiger partial charge in [-0.15, -0.1) is 23.7 Å². The van der Waals surface area contributed by atoms with Crippen LogP contribution in [0.3, 0.4) is 0 Å². The lowest BCUT2D eigenvalue weighted by atomic mass is 9.87. The van der Waals surface area contributed by atoms with Gasteiger partial charge in [0.25, 0.3) is 0 Å². The second kappa shape index (κ2) is 8.74. The summed E-state index contributed by atoms with van der Waals surface area (Å²) in [6, 6.07) is 11.7. The molecule has 2 aliphatic carbocycles. The van der Waals surface area contributed by atoms with Crippen molar-refractivity contribution in [1.29, 1.82) is 0 Å². The van der Waals surface area contributed by atoms with E-state index < -0.39 is 6.10 Å². The number of carbonyl (C=O) groups is 1. The molecule has 4 rings (SSSR count). The number of hydrogen-bond acceptors (Lipinski definition) is 5. The third-order valence-electron chi connectivity index (χ3n) is 5.50. The number of aliphatic hydroxyl groups is 1. The van der Waals surface area contributed by atoms with Gasteiger partial charge in [0.1, 0.15) is 18.0 Å². The molecule has 6 heteroatoms. The zero-order valence-electron chi connectivity index (χ0n) is 15.4. The highest BCUT2D eigenvalue weighted by molar-refractivity contribution is 7.12. The van der Waals surface area contributed by atoms with Crippen LogP contribution in [0.25, 0.3) is 0 Å². The molecule has 0 bridgehead atoms. The van der Waals surface area contributed by atoms with Crippen LogP contribution in [-0.4, -0.2) is 35.7 Å². The molecule has 1 fully saturated rings. The Labute approximate surface area is 170 Å². The number of fused-ring (bicyclic) bond motifs is 1. The molecule has 0 radical (unpaired) electrons. The van der Waals surface area contributed by atoms with Crippen molar-refractivity contribution in [2.24, 2.45) is 5.92 Å². The molecule has 0 saturated heterocycles. The number of para-hydroxylation sites is 1. The van der Waals surface area contributed by atoms with E-state index in [2.05, 4.69) is 12.2 Å². The Morgan fingerprint density at radius 3 is 2.78 bits per heavy atom. The van der Waals surface area contributed by atoms with Gasteiger partial charge in [0.2, 0.25) is 0 Å². The highest BCUT2D eigenvalue weighted by Gasteiger charge is 2.37. The maximum atomic E-state index is 12.7. The number of Topliss-reactive ketones (excluding diaryl/α,β-unsaturated/α-hetero) is 1. The van der Waals surface area contributed by atoms with Crippen LogP contribution in [0.1, 0.15) is 39.4 Å². The van der Waals surface area contributed by atoms with E-state index in [9.17, 15) is 9.90 Å². The molecule has 1 saturated carbocycles. The number of nitrogens with one attached hydrogen (secondary N) is 1. The summed E-state index contributed by atoms with van der Waals surface area (Å²) in [6.45, 7) is 2.69. The molecular weight excluding hydrogens is 382 g/mol. The molecule has 27 heavy (non-hydrogen) atoms. The Hall–Kier alpha value is -1.40. The maximum absolute atomic E-state index is 12.7. The van der Waals surface area contributed by atoms with E-state index in [4.69, 9.17) is 4.74 Å². The Morgan fingerprint density at radius 1 is 1.22 bits per heavy atom. The molecule has 4 nitrogen and oxygen atoms in total. The van der Waals surface area contributed by atoms with Gasteiger partial charge in [-0.05, 0) is 50.8 Å². The predicted molar refractivity (Wildman–Crippen MR) is 110 cm³/mol. The predicted octanol–water partition coefficient (Wildman–Crippen LogP) is 3.78. The molecule has 1 aromatic heterocycles. The van der Waals surface area contributed by atoms with Gasteiger partial charge in [-0.1, -0.05) is 18.2 Å². The lowest BCUT2D eigenvalue weighted by Crippen LogP contribution is -2.44. The number of ether oxygens (including phenoxy) is 1. The molecule has 2 N–H and O–H groups in total. The van der Waals surface area contributed by atoms with E-state index in [-0.39, 0.29) is 36.3 Å². The normalized spacial score (nSPS) is 27.1. The Bertz CT molecular complexity index is 779. The summed E-state index contributed by atoms with van der Waals surface area (Å²) in [6.07, 6.45) is 2.82. The average Bonchev–Trinajstić information content (AvgIpc) is 3.19. The number of carbonyl (C=O) groups excluding carboxylic acids is 1. The second-order valence-electron chi connectivity index (χ2n) is 7.35. The molecule has 1 unspecified atom stereocenters. The SMILES string of the molecule is Cc1cc2c(s1)CCC(CN[C@H]1CC[C@@H](Oc3ccccc3)[C@@H]1O)C2=O.Cl. The molecule has 0 aliphatic heterocycles. The third-order valence-corrected chi connectivity index (χ3v) is 6.61. The molecule has 146 valence electrons. The number of aliphatic hydroxyl groups excluding tert-OH is 1. The fourth-order valence-corrected chi connectivity index (χ4v) is 5.13. The summed E-state index contributed by atoms with van der Waals surface area (Å²) in [5.41, 5.74) is 0.919. The number of benzene rings is 1. The molecule has 2 aliphatic rings. The Kier molecular flexibility index (Phi) is 6.58. The van der Waals surface area contributed by atoms with Crippen molar-refractivity contribution < 1.29 is 14.6 Å². The standard InChI is InChI=1S/C21H25NO3S.ClH/c1-13-11-16-19(26-13)10-7-14(20(16)23)12-22-17-8-9-18(21(17)24)25-15-5-3-2-4-6-15;/h2-6,11,14,17-18,21-22,24H,7-10,12H2,1H3;1H/t14?,17-,18+,21+;/m0./s1. The fourth-order valence-electron chi connectivity index (χ4n) is 4.07. The number of ketones is 1. The number of halogens is 1. The summed E-state index contributed by atoms with van der Waals surface area (Å²) in [4.78, 5) is 15.2. The van der Waals surface area contributed by atoms with Crippen LogP contribution in [0.5, 0.6) is 5.75 Å². The van der Waals surface area contributed by atoms with Crippen LogP contribution in [-0.2, 0) is 6.42 Å². The van der Waals surface area contributed by atoms with Crippen molar-refractivity contribution in [3.63, 3.8) is 0 Å². The quantitative estimate of drug-likeness (QED) is 0.791. The zero-order valence-corrected chi connectivity index (χ0v) is 17.0. The van der Waals surface area contributed by atoms with Gasteiger partial charge < -0.3 is 15.2 Å². The molecule has 0 spiro atoms. The summed E-state index contributed by atoms with van der Waals surface area (Å²) in [5.74, 6) is 1.06. The maximum Gasteiger partial charge on any atom is 0.168 e. The van der Waals surface area contributed by atoms with Gasteiger partial charge in [0.05, 0.1) is 0 Å². The van der Waals surface area contributed by atoms with E-state index in [0.29, 0.717) is 6.54 Å². The minimum atomic E-state index is -0.548. The monoisotopic (exact) mass is 407 g/mol. The van der Waals surface area contributed by atoms with Gasteiger partial charge in [-0.2, -0.15) is 0 Å². The first-order valence-electron chi connectivity index (χ1n) is 9.38. The van der Waals surface area contributed by atoms with Gasteiger partial charge in [-0.3, -0.25) is 4.79 Å². The van der Waals surface area contributed by atoms with Crippen LogP contribution in [0.4, 0.5) is 0 Å². The summed E-state index contributed by atoms with van der Waals surface area (Å²) in [5, 5.41) is 14.0. The minimum Gasteiger partial charge on any atom is -0.488 e. The van der Waals surface area contributed by atoms with Crippen molar-refractivity contribution in [2.75, 3.05) is 6.54 Å². The average molecular weight is 408 g/mol. The molecular formula is C21H26ClNO3S. The third kappa shape index (κ3) is 4.37. The van der Waals surface area contributed by atoms with Crippen LogP contribution < -0.4 is 10.1 Å². The van der Waals surface area contributed by atoms with Gasteiger partial charge in [-0.25, -0.2) is 0 Å². The number of hydrogen-bond donors (Lipinski definition) is 2. The summed E-state index contributed by atoms with van der Waals surface area (Å²) in [7, 11) is 0.